The number of carbonyl (C=O) groups excluding carboxylic acids is 2. The molecule has 1 aromatic heterocycles. The molecule has 0 spiro atoms. The number of aromatic nitrogens is 3. The molecule has 0 aliphatic heterocycles. The fourth-order valence-electron chi connectivity index (χ4n) is 2.45. The topological polar surface area (TPSA) is 88.9 Å². The van der Waals surface area contributed by atoms with Gasteiger partial charge in [0.1, 0.15) is 12.1 Å². The summed E-state index contributed by atoms with van der Waals surface area (Å²) >= 11 is 6.95. The van der Waals surface area contributed by atoms with Crippen LogP contribution in [-0.4, -0.2) is 31.8 Å². The molecule has 0 saturated carbocycles. The molecule has 0 aliphatic rings. The molecule has 7 nitrogen and oxygen atoms in total. The molecule has 2 N–H and O–H groups in total. The highest BCUT2D eigenvalue weighted by molar-refractivity contribution is 8.00. The van der Waals surface area contributed by atoms with Gasteiger partial charge in [-0.25, -0.2) is 4.39 Å². The highest BCUT2D eigenvalue weighted by Gasteiger charge is 2.19. The normalized spacial score (nSPS) is 11.7. The van der Waals surface area contributed by atoms with Crippen LogP contribution in [0.4, 0.5) is 15.8 Å². The minimum Gasteiger partial charge on any atom is -0.326 e. The van der Waals surface area contributed by atoms with Gasteiger partial charge in [-0.15, -0.1) is 10.2 Å². The lowest BCUT2D eigenvalue weighted by atomic mass is 10.2. The summed E-state index contributed by atoms with van der Waals surface area (Å²) in [6.45, 7) is 3.15. The molecule has 3 aromatic rings. The fourth-order valence-corrected chi connectivity index (χ4v) is 3.47. The maximum absolute atomic E-state index is 13.3. The Morgan fingerprint density at radius 3 is 2.66 bits per heavy atom. The monoisotopic (exact) mass is 433 g/mol. The summed E-state index contributed by atoms with van der Waals surface area (Å²) in [5.41, 5.74) is 1.78. The van der Waals surface area contributed by atoms with Crippen LogP contribution >= 0.6 is 23.4 Å². The lowest BCUT2D eigenvalue weighted by molar-refractivity contribution is -0.115. The van der Waals surface area contributed by atoms with Crippen LogP contribution in [0.15, 0.2) is 53.9 Å². The predicted octanol–water partition coefficient (Wildman–Crippen LogP) is 4.14. The molecule has 29 heavy (non-hydrogen) atoms. The number of anilines is 2. The zero-order chi connectivity index (χ0) is 21.0. The molecule has 1 heterocycles. The molecule has 150 valence electrons. The molecule has 2 aromatic carbocycles. The molecular formula is C19H17ClFN5O2S. The number of carbonyl (C=O) groups is 2. The van der Waals surface area contributed by atoms with Crippen molar-refractivity contribution in [2.45, 2.75) is 24.3 Å². The summed E-state index contributed by atoms with van der Waals surface area (Å²) in [6, 6.07) is 11.2. The van der Waals surface area contributed by atoms with Crippen LogP contribution in [0.5, 0.6) is 0 Å². The van der Waals surface area contributed by atoms with Gasteiger partial charge < -0.3 is 10.6 Å². The lowest BCUT2D eigenvalue weighted by Gasteiger charge is -2.13. The maximum atomic E-state index is 13.3. The first-order valence-corrected chi connectivity index (χ1v) is 9.80. The van der Waals surface area contributed by atoms with E-state index in [1.807, 2.05) is 6.07 Å². The molecule has 1 unspecified atom stereocenters. The first-order chi connectivity index (χ1) is 13.8. The zero-order valence-corrected chi connectivity index (χ0v) is 17.1. The van der Waals surface area contributed by atoms with Crippen molar-refractivity contribution >= 4 is 46.6 Å². The first-order valence-electron chi connectivity index (χ1n) is 8.54. The van der Waals surface area contributed by atoms with E-state index >= 15 is 0 Å². The van der Waals surface area contributed by atoms with E-state index < -0.39 is 11.1 Å². The van der Waals surface area contributed by atoms with Gasteiger partial charge in [0.05, 0.1) is 16.0 Å². The molecule has 0 fully saturated rings. The van der Waals surface area contributed by atoms with Crippen LogP contribution in [-0.2, 0) is 9.59 Å². The number of nitrogens with zero attached hydrogens (tertiary/aromatic N) is 3. The Labute approximate surface area is 175 Å². The molecule has 0 bridgehead atoms. The van der Waals surface area contributed by atoms with E-state index in [9.17, 15) is 14.0 Å². The Bertz CT molecular complexity index is 1060. The summed E-state index contributed by atoms with van der Waals surface area (Å²) in [5, 5.41) is 13.3. The Morgan fingerprint density at radius 2 is 1.93 bits per heavy atom. The minimum atomic E-state index is -0.554. The van der Waals surface area contributed by atoms with Gasteiger partial charge in [-0.2, -0.15) is 0 Å². The second-order valence-corrected chi connectivity index (χ2v) is 7.81. The van der Waals surface area contributed by atoms with E-state index in [2.05, 4.69) is 20.8 Å². The second kappa shape index (κ2) is 9.06. The largest absolute Gasteiger partial charge is 0.326 e. The van der Waals surface area contributed by atoms with E-state index in [1.54, 1.807) is 29.7 Å². The van der Waals surface area contributed by atoms with E-state index in [0.717, 1.165) is 5.69 Å². The second-order valence-electron chi connectivity index (χ2n) is 6.09. The van der Waals surface area contributed by atoms with Gasteiger partial charge in [-0.05, 0) is 43.3 Å². The Balaban J connectivity index is 1.73. The van der Waals surface area contributed by atoms with Crippen molar-refractivity contribution in [2.75, 3.05) is 10.6 Å². The molecule has 3 rings (SSSR count). The van der Waals surface area contributed by atoms with Crippen LogP contribution in [0, 0.1) is 5.82 Å². The molecule has 0 aliphatic carbocycles. The number of rotatable bonds is 6. The number of thioether (sulfide) groups is 1. The fraction of sp³-hybridized carbons (Fsp3) is 0.158. The highest BCUT2D eigenvalue weighted by atomic mass is 35.5. The molecule has 10 heteroatoms. The van der Waals surface area contributed by atoms with E-state index in [1.165, 1.54) is 43.2 Å². The summed E-state index contributed by atoms with van der Waals surface area (Å²) < 4.78 is 15.0. The van der Waals surface area contributed by atoms with Crippen molar-refractivity contribution in [3.05, 3.63) is 59.6 Å². The Kier molecular flexibility index (Phi) is 6.50. The van der Waals surface area contributed by atoms with Gasteiger partial charge in [-0.1, -0.05) is 29.4 Å². The third kappa shape index (κ3) is 5.33. The van der Waals surface area contributed by atoms with Gasteiger partial charge in [0, 0.05) is 18.3 Å². The lowest BCUT2D eigenvalue weighted by Crippen LogP contribution is -2.22. The van der Waals surface area contributed by atoms with Crippen LogP contribution in [0.25, 0.3) is 5.69 Å². The smallest absolute Gasteiger partial charge is 0.237 e. The molecule has 0 saturated heterocycles. The maximum Gasteiger partial charge on any atom is 0.237 e. The summed E-state index contributed by atoms with van der Waals surface area (Å²) in [6.07, 6.45) is 1.53. The molecule has 2 amide bonds. The van der Waals surface area contributed by atoms with Gasteiger partial charge in [-0.3, -0.25) is 14.2 Å². The molecular weight excluding hydrogens is 417 g/mol. The average Bonchev–Trinajstić information content (AvgIpc) is 3.12. The predicted molar refractivity (Wildman–Crippen MR) is 111 cm³/mol. The quantitative estimate of drug-likeness (QED) is 0.570. The van der Waals surface area contributed by atoms with Crippen LogP contribution in [0.1, 0.15) is 13.8 Å². The van der Waals surface area contributed by atoms with E-state index in [-0.39, 0.29) is 16.8 Å². The summed E-state index contributed by atoms with van der Waals surface area (Å²) in [7, 11) is 0. The van der Waals surface area contributed by atoms with Gasteiger partial charge in [0.15, 0.2) is 5.16 Å². The van der Waals surface area contributed by atoms with Crippen molar-refractivity contribution in [1.29, 1.82) is 0 Å². The standard InChI is InChI=1S/C19H17ClFN5O2S/c1-11(18(28)24-14-6-7-17(21)16(20)9-14)29-19-25-22-10-26(19)15-5-3-4-13(8-15)23-12(2)27/h3-11H,1-2H3,(H,23,27)(H,24,28). The zero-order valence-electron chi connectivity index (χ0n) is 15.5. The van der Waals surface area contributed by atoms with Gasteiger partial charge >= 0.3 is 0 Å². The first kappa shape index (κ1) is 20.8. The number of hydrogen-bond donors (Lipinski definition) is 2. The number of nitrogens with one attached hydrogen (secondary N) is 2. The molecule has 0 radical (unpaired) electrons. The third-order valence-corrected chi connectivity index (χ3v) is 5.15. The Morgan fingerprint density at radius 1 is 1.17 bits per heavy atom. The Hall–Kier alpha value is -2.91. The summed E-state index contributed by atoms with van der Waals surface area (Å²) in [4.78, 5) is 23.8. The summed E-state index contributed by atoms with van der Waals surface area (Å²) in [5.74, 6) is -1.02. The number of benzene rings is 2. The van der Waals surface area contributed by atoms with E-state index in [4.69, 9.17) is 11.6 Å². The van der Waals surface area contributed by atoms with Gasteiger partial charge in [0.25, 0.3) is 0 Å². The SMILES string of the molecule is CC(=O)Nc1cccc(-n2cnnc2SC(C)C(=O)Nc2ccc(F)c(Cl)c2)c1. The molecule has 1 atom stereocenters. The average molecular weight is 434 g/mol. The van der Waals surface area contributed by atoms with Crippen molar-refractivity contribution in [3.63, 3.8) is 0 Å². The van der Waals surface area contributed by atoms with Crippen molar-refractivity contribution < 1.29 is 14.0 Å². The third-order valence-electron chi connectivity index (χ3n) is 3.80. The van der Waals surface area contributed by atoms with E-state index in [0.29, 0.717) is 16.5 Å². The van der Waals surface area contributed by atoms with Crippen LogP contribution < -0.4 is 10.6 Å². The van der Waals surface area contributed by atoms with Crippen molar-refractivity contribution in [3.8, 4) is 5.69 Å². The highest BCUT2D eigenvalue weighted by Crippen LogP contribution is 2.26. The minimum absolute atomic E-state index is 0.0677. The van der Waals surface area contributed by atoms with Gasteiger partial charge in [0.2, 0.25) is 11.8 Å². The number of hydrogen-bond acceptors (Lipinski definition) is 5. The number of halogens is 2. The van der Waals surface area contributed by atoms with Crippen LogP contribution in [0.2, 0.25) is 5.02 Å². The number of amides is 2. The van der Waals surface area contributed by atoms with Crippen molar-refractivity contribution in [2.24, 2.45) is 0 Å². The van der Waals surface area contributed by atoms with Crippen LogP contribution in [0.3, 0.4) is 0 Å². The van der Waals surface area contributed by atoms with Crippen molar-refractivity contribution in [1.82, 2.24) is 14.8 Å².